The van der Waals surface area contributed by atoms with Gasteiger partial charge in [-0.25, -0.2) is 9.13 Å². The second-order valence-corrected chi connectivity index (χ2v) is 32.1. The molecule has 582 valence electrons. The quantitative estimate of drug-likeness (QED) is 0.0222. The number of hydrogen-bond donors (Lipinski definition) is 3. The number of phosphoric acid groups is 2. The number of esters is 4. The van der Waals surface area contributed by atoms with E-state index in [1.165, 1.54) is 231 Å². The van der Waals surface area contributed by atoms with Crippen LogP contribution in [0.1, 0.15) is 414 Å². The maximum atomic E-state index is 13.1. The third kappa shape index (κ3) is 71.1. The van der Waals surface area contributed by atoms with Crippen LogP contribution in [0.5, 0.6) is 0 Å². The first-order valence-corrected chi connectivity index (χ1v) is 44.0. The summed E-state index contributed by atoms with van der Waals surface area (Å²) in [6, 6.07) is 0. The summed E-state index contributed by atoms with van der Waals surface area (Å²) in [7, 11) is -9.92. The van der Waals surface area contributed by atoms with Crippen LogP contribution in [0.4, 0.5) is 0 Å². The number of phosphoric ester groups is 2. The Morgan fingerprint density at radius 1 is 0.296 bits per heavy atom. The van der Waals surface area contributed by atoms with Crippen LogP contribution >= 0.6 is 15.6 Å². The lowest BCUT2D eigenvalue weighted by Crippen LogP contribution is -2.30. The standard InChI is InChI=1S/C79H154O17P2/c1-7-10-12-14-16-18-20-22-27-31-38-44-50-56-62-77(82)90-67-74(95-78(83)63-57-51-45-39-32-28-24-23-26-29-36-42-48-54-60-72(6)9-3)69-93-97(85,86)91-65-73(80)66-92-98(87,88)94-70-75(96-79(84)64-58-52-46-40-34-33-35-41-47-53-59-71(4)5)68-89-76(81)61-55-49-43-37-30-25-21-19-17-15-13-11-8-2/h71-75,80H,7-70H2,1-6H3,(H,85,86)(H,87,88)/t72?,73-,74-,75-/m1/s1. The highest BCUT2D eigenvalue weighted by Crippen LogP contribution is 2.45. The fraction of sp³-hybridized carbons (Fsp3) is 0.949. The summed E-state index contributed by atoms with van der Waals surface area (Å²) in [5, 5.41) is 10.6. The topological polar surface area (TPSA) is 237 Å². The van der Waals surface area contributed by atoms with Crippen LogP contribution in [0, 0.1) is 11.8 Å². The molecule has 0 rings (SSSR count). The predicted octanol–water partition coefficient (Wildman–Crippen LogP) is 23.5. The molecule has 0 saturated carbocycles. The van der Waals surface area contributed by atoms with Gasteiger partial charge in [0.15, 0.2) is 12.2 Å². The van der Waals surface area contributed by atoms with Crippen molar-refractivity contribution in [1.82, 2.24) is 0 Å². The van der Waals surface area contributed by atoms with E-state index in [0.717, 1.165) is 102 Å². The highest BCUT2D eigenvalue weighted by atomic mass is 31.2. The van der Waals surface area contributed by atoms with Crippen LogP contribution in [0.3, 0.4) is 0 Å². The van der Waals surface area contributed by atoms with Gasteiger partial charge in [-0.3, -0.25) is 37.3 Å². The Morgan fingerprint density at radius 2 is 0.520 bits per heavy atom. The molecule has 0 spiro atoms. The van der Waals surface area contributed by atoms with E-state index in [9.17, 15) is 43.2 Å². The minimum Gasteiger partial charge on any atom is -0.462 e. The Kier molecular flexibility index (Phi) is 69.3. The Hall–Kier alpha value is -1.94. The lowest BCUT2D eigenvalue weighted by atomic mass is 9.99. The minimum absolute atomic E-state index is 0.107. The molecule has 0 heterocycles. The monoisotopic (exact) mass is 1440 g/mol. The summed E-state index contributed by atoms with van der Waals surface area (Å²) < 4.78 is 68.7. The van der Waals surface area contributed by atoms with E-state index in [2.05, 4.69) is 41.5 Å². The van der Waals surface area contributed by atoms with Gasteiger partial charge in [-0.15, -0.1) is 0 Å². The van der Waals surface area contributed by atoms with Crippen LogP contribution in [-0.4, -0.2) is 96.7 Å². The van der Waals surface area contributed by atoms with E-state index in [-0.39, 0.29) is 25.7 Å². The van der Waals surface area contributed by atoms with Crippen molar-refractivity contribution in [1.29, 1.82) is 0 Å². The zero-order valence-corrected chi connectivity index (χ0v) is 65.9. The van der Waals surface area contributed by atoms with E-state index >= 15 is 0 Å². The van der Waals surface area contributed by atoms with Crippen LogP contribution in [0.15, 0.2) is 0 Å². The van der Waals surface area contributed by atoms with Gasteiger partial charge in [-0.1, -0.05) is 363 Å². The van der Waals surface area contributed by atoms with Gasteiger partial charge in [-0.05, 0) is 37.5 Å². The molecular formula is C79H154O17P2. The summed E-state index contributed by atoms with van der Waals surface area (Å²) in [6.45, 7) is 9.67. The second kappa shape index (κ2) is 70.7. The van der Waals surface area contributed by atoms with Gasteiger partial charge >= 0.3 is 39.5 Å². The molecule has 0 saturated heterocycles. The zero-order chi connectivity index (χ0) is 72.1. The van der Waals surface area contributed by atoms with Crippen molar-refractivity contribution in [3.05, 3.63) is 0 Å². The van der Waals surface area contributed by atoms with E-state index in [4.69, 9.17) is 37.0 Å². The number of carbonyl (C=O) groups excluding carboxylic acids is 4. The number of rotatable bonds is 78. The molecule has 17 nitrogen and oxygen atoms in total. The summed E-state index contributed by atoms with van der Waals surface area (Å²) in [5.74, 6) is -0.511. The smallest absolute Gasteiger partial charge is 0.462 e. The molecular weight excluding hydrogens is 1280 g/mol. The fourth-order valence-corrected chi connectivity index (χ4v) is 13.7. The van der Waals surface area contributed by atoms with E-state index in [1.54, 1.807) is 0 Å². The second-order valence-electron chi connectivity index (χ2n) is 29.2. The SMILES string of the molecule is CCCCCCCCCCCCCCCCC(=O)OC[C@H](COP(=O)(O)OC[C@@H](O)COP(=O)(O)OC[C@@H](COC(=O)CCCCCCCCCCCCCCC)OC(=O)CCCCCCCCCCCCC(C)C)OC(=O)CCCCCCCCCCCCCCCCC(C)CC. The maximum absolute atomic E-state index is 13.1. The zero-order valence-electron chi connectivity index (χ0n) is 64.1. The molecule has 0 bridgehead atoms. The van der Waals surface area contributed by atoms with Gasteiger partial charge in [0.1, 0.15) is 19.3 Å². The van der Waals surface area contributed by atoms with Gasteiger partial charge in [0.2, 0.25) is 0 Å². The van der Waals surface area contributed by atoms with Gasteiger partial charge < -0.3 is 33.8 Å². The first-order chi connectivity index (χ1) is 47.4. The Morgan fingerprint density at radius 3 is 0.776 bits per heavy atom. The first kappa shape index (κ1) is 96.1. The van der Waals surface area contributed by atoms with Gasteiger partial charge in [-0.2, -0.15) is 0 Å². The highest BCUT2D eigenvalue weighted by Gasteiger charge is 2.30. The van der Waals surface area contributed by atoms with Crippen molar-refractivity contribution in [2.45, 2.75) is 432 Å². The van der Waals surface area contributed by atoms with Crippen LogP contribution in [0.2, 0.25) is 0 Å². The molecule has 0 aromatic carbocycles. The maximum Gasteiger partial charge on any atom is 0.472 e. The van der Waals surface area contributed by atoms with Crippen molar-refractivity contribution in [2.75, 3.05) is 39.6 Å². The number of carbonyl (C=O) groups is 4. The number of aliphatic hydroxyl groups excluding tert-OH is 1. The molecule has 0 fully saturated rings. The molecule has 0 aliphatic rings. The van der Waals surface area contributed by atoms with Crippen molar-refractivity contribution in [2.24, 2.45) is 11.8 Å². The molecule has 6 atom stereocenters. The molecule has 0 aliphatic carbocycles. The molecule has 98 heavy (non-hydrogen) atoms. The van der Waals surface area contributed by atoms with Gasteiger partial charge in [0, 0.05) is 25.7 Å². The molecule has 0 radical (unpaired) electrons. The molecule has 3 unspecified atom stereocenters. The summed E-state index contributed by atoms with van der Waals surface area (Å²) in [6.07, 6.45) is 59.4. The lowest BCUT2D eigenvalue weighted by Gasteiger charge is -2.21. The van der Waals surface area contributed by atoms with Gasteiger partial charge in [0.25, 0.3) is 0 Å². The minimum atomic E-state index is -4.96. The molecule has 3 N–H and O–H groups in total. The predicted molar refractivity (Wildman–Crippen MR) is 400 cm³/mol. The number of unbranched alkanes of at least 4 members (excludes halogenated alkanes) is 47. The Balaban J connectivity index is 5.26. The number of ether oxygens (including phenoxy) is 4. The Labute approximate surface area is 600 Å². The number of hydrogen-bond acceptors (Lipinski definition) is 15. The fourth-order valence-electron chi connectivity index (χ4n) is 12.2. The first-order valence-electron chi connectivity index (χ1n) is 41.0. The van der Waals surface area contributed by atoms with E-state index < -0.39 is 97.5 Å². The average molecular weight is 1440 g/mol. The summed E-state index contributed by atoms with van der Waals surface area (Å²) >= 11 is 0. The van der Waals surface area contributed by atoms with Crippen molar-refractivity contribution in [3.8, 4) is 0 Å². The molecule has 0 amide bonds. The average Bonchev–Trinajstić information content (AvgIpc) is 0.938. The molecule has 0 aromatic rings. The van der Waals surface area contributed by atoms with Crippen molar-refractivity contribution >= 4 is 39.5 Å². The van der Waals surface area contributed by atoms with E-state index in [1.807, 2.05) is 0 Å². The normalized spacial score (nSPS) is 14.2. The van der Waals surface area contributed by atoms with Crippen molar-refractivity contribution < 1.29 is 80.2 Å². The Bertz CT molecular complexity index is 1890. The van der Waals surface area contributed by atoms with Crippen LogP contribution < -0.4 is 0 Å². The number of aliphatic hydroxyl groups is 1. The van der Waals surface area contributed by atoms with Crippen LogP contribution in [-0.2, 0) is 65.4 Å². The third-order valence-corrected chi connectivity index (χ3v) is 20.7. The van der Waals surface area contributed by atoms with Gasteiger partial charge in [0.05, 0.1) is 26.4 Å². The van der Waals surface area contributed by atoms with E-state index in [0.29, 0.717) is 25.7 Å². The summed E-state index contributed by atoms with van der Waals surface area (Å²) in [5.41, 5.74) is 0. The largest absolute Gasteiger partial charge is 0.472 e. The lowest BCUT2D eigenvalue weighted by molar-refractivity contribution is -0.161. The molecule has 19 heteroatoms. The molecule has 0 aromatic heterocycles. The summed E-state index contributed by atoms with van der Waals surface area (Å²) in [4.78, 5) is 73.0. The third-order valence-electron chi connectivity index (χ3n) is 18.8. The molecule has 0 aliphatic heterocycles. The van der Waals surface area contributed by atoms with Crippen molar-refractivity contribution in [3.63, 3.8) is 0 Å². The van der Waals surface area contributed by atoms with Crippen LogP contribution in [0.25, 0.3) is 0 Å². The highest BCUT2D eigenvalue weighted by molar-refractivity contribution is 7.47.